The molecular weight excluding hydrogens is 677 g/mol. The van der Waals surface area contributed by atoms with Gasteiger partial charge in [0, 0.05) is 33.5 Å². The van der Waals surface area contributed by atoms with Gasteiger partial charge in [-0.25, -0.2) is 0 Å². The molecule has 1 aromatic heterocycles. The molecule has 2 heteroatoms. The summed E-state index contributed by atoms with van der Waals surface area (Å²) in [7, 11) is 0. The second-order valence-electron chi connectivity index (χ2n) is 14.2. The van der Waals surface area contributed by atoms with Gasteiger partial charge in [-0.1, -0.05) is 170 Å². The summed E-state index contributed by atoms with van der Waals surface area (Å²) in [6, 6.07) is 83.1. The Morgan fingerprint density at radius 2 is 0.732 bits per heavy atom. The van der Waals surface area contributed by atoms with Crippen LogP contribution in [0, 0.1) is 0 Å². The van der Waals surface area contributed by atoms with Crippen LogP contribution >= 0.6 is 0 Å². The monoisotopic (exact) mass is 714 g/mol. The molecule has 0 aliphatic carbocycles. The van der Waals surface area contributed by atoms with Crippen LogP contribution in [0.15, 0.2) is 231 Å². The van der Waals surface area contributed by atoms with E-state index in [1.165, 1.54) is 60.8 Å². The zero-order valence-electron chi connectivity index (χ0n) is 30.8. The van der Waals surface area contributed by atoms with Gasteiger partial charge in [-0.05, 0) is 105 Å². The molecule has 0 aliphatic rings. The summed E-state index contributed by atoms with van der Waals surface area (Å²) in [6.45, 7) is 0. The molecule has 10 aromatic rings. The molecule has 0 saturated heterocycles. The van der Waals surface area contributed by atoms with Crippen molar-refractivity contribution in [3.63, 3.8) is 0 Å². The zero-order valence-corrected chi connectivity index (χ0v) is 30.8. The highest BCUT2D eigenvalue weighted by molar-refractivity contribution is 6.10. The minimum Gasteiger partial charge on any atom is -0.310 e. The molecule has 1 heterocycles. The van der Waals surface area contributed by atoms with Crippen LogP contribution in [0.25, 0.3) is 72.0 Å². The molecular formula is C54H38N2. The van der Waals surface area contributed by atoms with Crippen LogP contribution in [-0.2, 0) is 0 Å². The fourth-order valence-corrected chi connectivity index (χ4v) is 8.13. The summed E-state index contributed by atoms with van der Waals surface area (Å²) in [5.41, 5.74) is 16.3. The molecule has 0 fully saturated rings. The summed E-state index contributed by atoms with van der Waals surface area (Å²) in [4.78, 5) is 2.41. The molecule has 0 saturated carbocycles. The first kappa shape index (κ1) is 33.2. The van der Waals surface area contributed by atoms with E-state index >= 15 is 0 Å². The van der Waals surface area contributed by atoms with Crippen molar-refractivity contribution < 1.29 is 0 Å². The summed E-state index contributed by atoms with van der Waals surface area (Å²) < 4.78 is 2.39. The highest BCUT2D eigenvalue weighted by Gasteiger charge is 2.20. The normalized spacial score (nSPS) is 11.2. The van der Waals surface area contributed by atoms with E-state index in [1.54, 1.807) is 0 Å². The first-order valence-corrected chi connectivity index (χ1v) is 19.2. The molecule has 0 unspecified atom stereocenters. The smallest absolute Gasteiger partial charge is 0.0561 e. The lowest BCUT2D eigenvalue weighted by atomic mass is 9.94. The SMILES string of the molecule is c1ccc(-c2cc(-c3ccccc3)cc(N(c3ccc(-c4ccccc4-c4ccccc4)cc3)c3ccc4c5ccccc5n(-c5ccccc5)c4c3)c2)cc1. The predicted molar refractivity (Wildman–Crippen MR) is 237 cm³/mol. The highest BCUT2D eigenvalue weighted by atomic mass is 15.1. The van der Waals surface area contributed by atoms with Crippen LogP contribution in [0.5, 0.6) is 0 Å². The number of aromatic nitrogens is 1. The Balaban J connectivity index is 1.20. The molecule has 0 aliphatic heterocycles. The van der Waals surface area contributed by atoms with Gasteiger partial charge >= 0.3 is 0 Å². The van der Waals surface area contributed by atoms with E-state index in [9.17, 15) is 0 Å². The van der Waals surface area contributed by atoms with Crippen molar-refractivity contribution in [2.24, 2.45) is 0 Å². The molecule has 0 N–H and O–H groups in total. The average molecular weight is 715 g/mol. The molecule has 56 heavy (non-hydrogen) atoms. The van der Waals surface area contributed by atoms with Gasteiger partial charge in [0.1, 0.15) is 0 Å². The maximum absolute atomic E-state index is 2.41. The first-order chi connectivity index (χ1) is 27.8. The number of anilines is 3. The van der Waals surface area contributed by atoms with Gasteiger partial charge in [-0.2, -0.15) is 0 Å². The van der Waals surface area contributed by atoms with E-state index in [0.29, 0.717) is 0 Å². The molecule has 0 spiro atoms. The second kappa shape index (κ2) is 14.4. The van der Waals surface area contributed by atoms with Crippen LogP contribution in [0.3, 0.4) is 0 Å². The van der Waals surface area contributed by atoms with Gasteiger partial charge in [-0.3, -0.25) is 0 Å². The fourth-order valence-electron chi connectivity index (χ4n) is 8.13. The molecule has 0 amide bonds. The van der Waals surface area contributed by atoms with Crippen molar-refractivity contribution in [1.82, 2.24) is 4.57 Å². The Morgan fingerprint density at radius 3 is 1.34 bits per heavy atom. The number of benzene rings is 9. The number of fused-ring (bicyclic) bond motifs is 3. The van der Waals surface area contributed by atoms with Crippen LogP contribution in [-0.4, -0.2) is 4.57 Å². The number of rotatable bonds is 8. The van der Waals surface area contributed by atoms with Gasteiger partial charge in [0.25, 0.3) is 0 Å². The van der Waals surface area contributed by atoms with Crippen LogP contribution in [0.4, 0.5) is 17.1 Å². The van der Waals surface area contributed by atoms with Gasteiger partial charge in [0.15, 0.2) is 0 Å². The number of hydrogen-bond acceptors (Lipinski definition) is 1. The van der Waals surface area contributed by atoms with Crippen molar-refractivity contribution in [1.29, 1.82) is 0 Å². The minimum absolute atomic E-state index is 1.08. The minimum atomic E-state index is 1.08. The Labute approximate surface area is 327 Å². The van der Waals surface area contributed by atoms with E-state index in [0.717, 1.165) is 28.3 Å². The van der Waals surface area contributed by atoms with Crippen LogP contribution in [0.1, 0.15) is 0 Å². The van der Waals surface area contributed by atoms with Gasteiger partial charge in [0.05, 0.1) is 11.0 Å². The number of hydrogen-bond donors (Lipinski definition) is 0. The lowest BCUT2D eigenvalue weighted by Crippen LogP contribution is -2.10. The van der Waals surface area contributed by atoms with Crippen molar-refractivity contribution in [2.45, 2.75) is 0 Å². The standard InChI is InChI=1S/C54H38N2/c1-5-17-39(18-6-1)43-35-44(40-19-7-2-8-20-40)37-48(36-43)55(46-31-29-42(30-32-46)50-26-14-13-25-49(50)41-21-9-3-10-22-41)47-33-34-52-51-27-15-16-28-53(51)56(54(52)38-47)45-23-11-4-12-24-45/h1-38H. The fraction of sp³-hybridized carbons (Fsp3) is 0. The van der Waals surface area contributed by atoms with E-state index in [4.69, 9.17) is 0 Å². The Hall–Kier alpha value is -7.42. The van der Waals surface area contributed by atoms with Crippen LogP contribution in [0.2, 0.25) is 0 Å². The molecule has 0 radical (unpaired) electrons. The van der Waals surface area contributed by atoms with Gasteiger partial charge in [0.2, 0.25) is 0 Å². The maximum atomic E-state index is 2.41. The van der Waals surface area contributed by atoms with Crippen LogP contribution < -0.4 is 4.90 Å². The largest absolute Gasteiger partial charge is 0.310 e. The second-order valence-corrected chi connectivity index (χ2v) is 14.2. The van der Waals surface area contributed by atoms with E-state index in [-0.39, 0.29) is 0 Å². The number of para-hydroxylation sites is 2. The summed E-state index contributed by atoms with van der Waals surface area (Å²) in [6.07, 6.45) is 0. The molecule has 264 valence electrons. The van der Waals surface area contributed by atoms with Crippen molar-refractivity contribution >= 4 is 38.9 Å². The average Bonchev–Trinajstić information content (AvgIpc) is 3.61. The first-order valence-electron chi connectivity index (χ1n) is 19.2. The lowest BCUT2D eigenvalue weighted by Gasteiger charge is -2.27. The Kier molecular flexibility index (Phi) is 8.55. The van der Waals surface area contributed by atoms with Crippen molar-refractivity contribution in [2.75, 3.05) is 4.90 Å². The predicted octanol–water partition coefficient (Wildman–Crippen LogP) is 14.9. The molecule has 0 atom stereocenters. The lowest BCUT2D eigenvalue weighted by molar-refractivity contribution is 1.18. The maximum Gasteiger partial charge on any atom is 0.0561 e. The number of nitrogens with zero attached hydrogens (tertiary/aromatic N) is 2. The Morgan fingerprint density at radius 1 is 0.268 bits per heavy atom. The summed E-state index contributed by atoms with van der Waals surface area (Å²) in [5.74, 6) is 0. The molecule has 0 bridgehead atoms. The molecule has 2 nitrogen and oxygen atoms in total. The third-order valence-corrected chi connectivity index (χ3v) is 10.8. The van der Waals surface area contributed by atoms with E-state index < -0.39 is 0 Å². The topological polar surface area (TPSA) is 8.17 Å². The quantitative estimate of drug-likeness (QED) is 0.152. The third kappa shape index (κ3) is 6.14. The molecule has 10 rings (SSSR count). The van der Waals surface area contributed by atoms with Crippen molar-refractivity contribution in [3.05, 3.63) is 231 Å². The van der Waals surface area contributed by atoms with E-state index in [1.807, 2.05) is 0 Å². The van der Waals surface area contributed by atoms with E-state index in [2.05, 4.69) is 240 Å². The summed E-state index contributed by atoms with van der Waals surface area (Å²) >= 11 is 0. The van der Waals surface area contributed by atoms with Gasteiger partial charge in [-0.15, -0.1) is 0 Å². The Bertz CT molecular complexity index is 2870. The molecule has 9 aromatic carbocycles. The zero-order chi connectivity index (χ0) is 37.3. The van der Waals surface area contributed by atoms with Gasteiger partial charge < -0.3 is 9.47 Å². The summed E-state index contributed by atoms with van der Waals surface area (Å²) in [5, 5.41) is 2.47. The highest BCUT2D eigenvalue weighted by Crippen LogP contribution is 2.43. The van der Waals surface area contributed by atoms with Crippen molar-refractivity contribution in [3.8, 4) is 50.2 Å². The third-order valence-electron chi connectivity index (χ3n) is 10.8.